The number of nitrogens with one attached hydrogen (secondary N) is 1. The molecule has 2 N–H and O–H groups in total. The van der Waals surface area contributed by atoms with E-state index in [0.29, 0.717) is 18.7 Å². The summed E-state index contributed by atoms with van der Waals surface area (Å²) in [7, 11) is 2.03. The average Bonchev–Trinajstić information content (AvgIpc) is 2.40. The Balaban J connectivity index is 1.87. The number of benzene rings is 1. The summed E-state index contributed by atoms with van der Waals surface area (Å²) in [6.45, 7) is 3.36. The number of aromatic carboxylic acids is 1. The molecule has 1 atom stereocenters. The van der Waals surface area contributed by atoms with Crippen LogP contribution in [-0.2, 0) is 11.3 Å². The minimum atomic E-state index is -1.05. The molecule has 1 aliphatic heterocycles. The lowest BCUT2D eigenvalue weighted by Crippen LogP contribution is -2.44. The van der Waals surface area contributed by atoms with E-state index in [9.17, 15) is 9.18 Å². The van der Waals surface area contributed by atoms with Crippen molar-refractivity contribution in [2.45, 2.75) is 12.6 Å². The molecule has 0 radical (unpaired) electrons. The fourth-order valence-electron chi connectivity index (χ4n) is 2.20. The monoisotopic (exact) mass is 282 g/mol. The predicted octanol–water partition coefficient (Wildman–Crippen LogP) is 0.944. The van der Waals surface area contributed by atoms with Crippen LogP contribution in [0.3, 0.4) is 0 Å². The lowest BCUT2D eigenvalue weighted by atomic mass is 10.1. The number of ether oxygens (including phenoxy) is 1. The van der Waals surface area contributed by atoms with Gasteiger partial charge in [-0.25, -0.2) is 9.18 Å². The molecule has 0 bridgehead atoms. The number of rotatable bonds is 5. The van der Waals surface area contributed by atoms with Crippen LogP contribution in [0, 0.1) is 5.82 Å². The first-order valence-corrected chi connectivity index (χ1v) is 6.59. The second kappa shape index (κ2) is 6.78. The molecule has 5 nitrogen and oxygen atoms in total. The number of nitrogens with zero attached hydrogens (tertiary/aromatic N) is 1. The van der Waals surface area contributed by atoms with E-state index in [4.69, 9.17) is 9.84 Å². The Morgan fingerprint density at radius 2 is 2.40 bits per heavy atom. The van der Waals surface area contributed by atoms with Crippen LogP contribution in [0.2, 0.25) is 0 Å². The number of carboxylic acids is 1. The van der Waals surface area contributed by atoms with Gasteiger partial charge in [0, 0.05) is 31.7 Å². The molecule has 0 saturated carbocycles. The standard InChI is InChI=1S/C14H19FN2O3/c1-17-4-5-20-12(9-17)8-16-7-11-6-10(14(18)19)2-3-13(11)15/h2-3,6,12,16H,4-5,7-9H2,1H3,(H,18,19). The van der Waals surface area contributed by atoms with Gasteiger partial charge in [-0.2, -0.15) is 0 Å². The molecule has 1 aliphatic rings. The molecule has 1 aromatic rings. The molecule has 6 heteroatoms. The molecule has 110 valence electrons. The number of carboxylic acid groups (broad SMARTS) is 1. The molecule has 0 aliphatic carbocycles. The van der Waals surface area contributed by atoms with Crippen molar-refractivity contribution in [1.29, 1.82) is 0 Å². The second-order valence-electron chi connectivity index (χ2n) is 5.00. The van der Waals surface area contributed by atoms with E-state index in [1.807, 2.05) is 7.05 Å². The van der Waals surface area contributed by atoms with Crippen LogP contribution in [-0.4, -0.2) is 55.4 Å². The van der Waals surface area contributed by atoms with Gasteiger partial charge < -0.3 is 20.1 Å². The van der Waals surface area contributed by atoms with Crippen LogP contribution in [0.25, 0.3) is 0 Å². The van der Waals surface area contributed by atoms with Crippen LogP contribution in [0.15, 0.2) is 18.2 Å². The summed E-state index contributed by atoms with van der Waals surface area (Å²) in [5.41, 5.74) is 0.450. The molecule has 1 fully saturated rings. The predicted molar refractivity (Wildman–Crippen MR) is 72.3 cm³/mol. The fourth-order valence-corrected chi connectivity index (χ4v) is 2.20. The SMILES string of the molecule is CN1CCOC(CNCc2cc(C(=O)O)ccc2F)C1. The van der Waals surface area contributed by atoms with Gasteiger partial charge in [-0.05, 0) is 25.2 Å². The maximum Gasteiger partial charge on any atom is 0.335 e. The highest BCUT2D eigenvalue weighted by Gasteiger charge is 2.17. The first-order valence-electron chi connectivity index (χ1n) is 6.59. The van der Waals surface area contributed by atoms with Gasteiger partial charge in [0.25, 0.3) is 0 Å². The Bertz CT molecular complexity index is 481. The van der Waals surface area contributed by atoms with Gasteiger partial charge in [-0.15, -0.1) is 0 Å². The molecular formula is C14H19FN2O3. The second-order valence-corrected chi connectivity index (χ2v) is 5.00. The van der Waals surface area contributed by atoms with Crippen molar-refractivity contribution >= 4 is 5.97 Å². The number of hydrogen-bond donors (Lipinski definition) is 2. The van der Waals surface area contributed by atoms with Gasteiger partial charge in [0.1, 0.15) is 5.82 Å². The normalized spacial score (nSPS) is 20.0. The average molecular weight is 282 g/mol. The smallest absolute Gasteiger partial charge is 0.335 e. The van der Waals surface area contributed by atoms with Crippen molar-refractivity contribution in [2.24, 2.45) is 0 Å². The zero-order valence-corrected chi connectivity index (χ0v) is 11.4. The van der Waals surface area contributed by atoms with Gasteiger partial charge in [-0.3, -0.25) is 0 Å². The van der Waals surface area contributed by atoms with E-state index < -0.39 is 11.8 Å². The Kier molecular flexibility index (Phi) is 5.05. The summed E-state index contributed by atoms with van der Waals surface area (Å²) < 4.78 is 19.2. The van der Waals surface area contributed by atoms with E-state index in [1.54, 1.807) is 0 Å². The van der Waals surface area contributed by atoms with Crippen LogP contribution in [0.5, 0.6) is 0 Å². The fraction of sp³-hybridized carbons (Fsp3) is 0.500. The van der Waals surface area contributed by atoms with Crippen molar-refractivity contribution in [3.05, 3.63) is 35.1 Å². The molecule has 0 aromatic heterocycles. The molecular weight excluding hydrogens is 263 g/mol. The van der Waals surface area contributed by atoms with Crippen molar-refractivity contribution in [3.8, 4) is 0 Å². The van der Waals surface area contributed by atoms with Crippen LogP contribution >= 0.6 is 0 Å². The molecule has 1 saturated heterocycles. The highest BCUT2D eigenvalue weighted by molar-refractivity contribution is 5.87. The number of halogens is 1. The number of hydrogen-bond acceptors (Lipinski definition) is 4. The third-order valence-corrected chi connectivity index (χ3v) is 3.32. The first-order chi connectivity index (χ1) is 9.56. The molecule has 0 spiro atoms. The number of likely N-dealkylation sites (N-methyl/N-ethyl adjacent to an activating group) is 1. The first kappa shape index (κ1) is 14.9. The van der Waals surface area contributed by atoms with Crippen LogP contribution in [0.1, 0.15) is 15.9 Å². The maximum atomic E-state index is 13.6. The van der Waals surface area contributed by atoms with E-state index in [1.165, 1.54) is 18.2 Å². The summed E-state index contributed by atoms with van der Waals surface area (Å²) in [5.74, 6) is -1.45. The summed E-state index contributed by atoms with van der Waals surface area (Å²) in [5, 5.41) is 12.0. The molecule has 1 unspecified atom stereocenters. The third-order valence-electron chi connectivity index (χ3n) is 3.32. The van der Waals surface area contributed by atoms with Crippen molar-refractivity contribution in [2.75, 3.05) is 33.3 Å². The minimum Gasteiger partial charge on any atom is -0.478 e. The van der Waals surface area contributed by atoms with E-state index in [2.05, 4.69) is 10.2 Å². The van der Waals surface area contributed by atoms with E-state index >= 15 is 0 Å². The molecule has 2 rings (SSSR count). The molecule has 1 aromatic carbocycles. The van der Waals surface area contributed by atoms with E-state index in [-0.39, 0.29) is 18.2 Å². The van der Waals surface area contributed by atoms with Gasteiger partial charge >= 0.3 is 5.97 Å². The summed E-state index contributed by atoms with van der Waals surface area (Å²) in [6.07, 6.45) is 0.0828. The summed E-state index contributed by atoms with van der Waals surface area (Å²) in [6, 6.07) is 3.81. The minimum absolute atomic E-state index is 0.0828. The van der Waals surface area contributed by atoms with Crippen LogP contribution in [0.4, 0.5) is 4.39 Å². The Hall–Kier alpha value is -1.50. The summed E-state index contributed by atoms with van der Waals surface area (Å²) >= 11 is 0. The molecule has 0 amide bonds. The Labute approximate surface area is 117 Å². The topological polar surface area (TPSA) is 61.8 Å². The Morgan fingerprint density at radius 1 is 1.60 bits per heavy atom. The maximum absolute atomic E-state index is 13.6. The zero-order valence-electron chi connectivity index (χ0n) is 11.4. The lowest BCUT2D eigenvalue weighted by Gasteiger charge is -2.30. The molecule has 20 heavy (non-hydrogen) atoms. The quantitative estimate of drug-likeness (QED) is 0.842. The van der Waals surface area contributed by atoms with Crippen LogP contribution < -0.4 is 5.32 Å². The van der Waals surface area contributed by atoms with Gasteiger partial charge in [-0.1, -0.05) is 0 Å². The highest BCUT2D eigenvalue weighted by atomic mass is 19.1. The van der Waals surface area contributed by atoms with Crippen molar-refractivity contribution in [3.63, 3.8) is 0 Å². The number of carbonyl (C=O) groups is 1. The summed E-state index contributed by atoms with van der Waals surface area (Å²) in [4.78, 5) is 13.0. The van der Waals surface area contributed by atoms with Gasteiger partial charge in [0.2, 0.25) is 0 Å². The lowest BCUT2D eigenvalue weighted by molar-refractivity contribution is -0.0182. The van der Waals surface area contributed by atoms with E-state index in [0.717, 1.165) is 13.1 Å². The van der Waals surface area contributed by atoms with Crippen molar-refractivity contribution < 1.29 is 19.0 Å². The largest absolute Gasteiger partial charge is 0.478 e. The Morgan fingerprint density at radius 3 is 3.10 bits per heavy atom. The third kappa shape index (κ3) is 4.00. The number of morpholine rings is 1. The zero-order chi connectivity index (χ0) is 14.5. The highest BCUT2D eigenvalue weighted by Crippen LogP contribution is 2.11. The van der Waals surface area contributed by atoms with Gasteiger partial charge in [0.05, 0.1) is 18.3 Å². The molecule has 1 heterocycles. The van der Waals surface area contributed by atoms with Crippen molar-refractivity contribution in [1.82, 2.24) is 10.2 Å². The van der Waals surface area contributed by atoms with Gasteiger partial charge in [0.15, 0.2) is 0 Å².